The maximum absolute atomic E-state index is 13.4. The number of aliphatic hydroxyl groups is 1. The molecule has 3 aliphatic rings. The number of nitrogens with zero attached hydrogens (tertiary/aromatic N) is 6. The predicted molar refractivity (Wildman–Crippen MR) is 167 cm³/mol. The van der Waals surface area contributed by atoms with E-state index in [2.05, 4.69) is 16.5 Å². The number of anilines is 4. The fraction of sp³-hybridized carbons (Fsp3) is 0.333. The number of fused-ring (bicyclic) bond motifs is 11. The van der Waals surface area contributed by atoms with E-state index in [-0.39, 0.29) is 31.3 Å². The topological polar surface area (TPSA) is 137 Å². The van der Waals surface area contributed by atoms with Gasteiger partial charge in [-0.25, -0.2) is 4.98 Å². The first-order valence-electron chi connectivity index (χ1n) is 15.0. The summed E-state index contributed by atoms with van der Waals surface area (Å²) < 4.78 is 19.5. The zero-order chi connectivity index (χ0) is 30.9. The summed E-state index contributed by atoms with van der Waals surface area (Å²) in [6, 6.07) is 15.5. The van der Waals surface area contributed by atoms with Crippen molar-refractivity contribution < 1.29 is 24.1 Å². The third-order valence-corrected chi connectivity index (χ3v) is 8.47. The van der Waals surface area contributed by atoms with Crippen molar-refractivity contribution in [1.29, 1.82) is 5.26 Å². The van der Waals surface area contributed by atoms with Gasteiger partial charge in [-0.2, -0.15) is 14.9 Å². The van der Waals surface area contributed by atoms with Crippen LogP contribution in [0.5, 0.6) is 11.5 Å². The van der Waals surface area contributed by atoms with E-state index in [0.717, 1.165) is 28.3 Å². The minimum Gasteiger partial charge on any atom is -0.497 e. The molecular formula is C33H33N7O5. The van der Waals surface area contributed by atoms with Crippen LogP contribution in [0.1, 0.15) is 29.5 Å². The lowest BCUT2D eigenvalue weighted by atomic mass is 9.98. The maximum atomic E-state index is 13.4. The molecule has 1 saturated heterocycles. The minimum absolute atomic E-state index is 0.0194. The van der Waals surface area contributed by atoms with Crippen LogP contribution in [0.15, 0.2) is 60.8 Å². The highest BCUT2D eigenvalue weighted by molar-refractivity contribution is 5.98. The number of carbonyl (C=O) groups is 1. The number of hydrogen-bond donors (Lipinski definition) is 2. The second kappa shape index (κ2) is 12.1. The third kappa shape index (κ3) is 5.52. The monoisotopic (exact) mass is 607 g/mol. The summed E-state index contributed by atoms with van der Waals surface area (Å²) in [6.45, 7) is 1.54. The highest BCUT2D eigenvalue weighted by atomic mass is 16.5. The molecule has 2 N–H and O–H groups in total. The van der Waals surface area contributed by atoms with Gasteiger partial charge in [0.2, 0.25) is 5.91 Å². The van der Waals surface area contributed by atoms with Crippen LogP contribution < -0.4 is 24.6 Å². The van der Waals surface area contributed by atoms with E-state index >= 15 is 0 Å². The van der Waals surface area contributed by atoms with E-state index in [1.807, 2.05) is 59.5 Å². The molecule has 230 valence electrons. The highest BCUT2D eigenvalue weighted by Gasteiger charge is 2.34. The Kier molecular flexibility index (Phi) is 7.71. The van der Waals surface area contributed by atoms with Gasteiger partial charge in [-0.3, -0.25) is 4.79 Å². The van der Waals surface area contributed by atoms with Gasteiger partial charge in [0.15, 0.2) is 5.65 Å². The summed E-state index contributed by atoms with van der Waals surface area (Å²) >= 11 is 0. The van der Waals surface area contributed by atoms with Gasteiger partial charge in [-0.05, 0) is 48.2 Å². The molecule has 1 amide bonds. The number of aromatic nitrogens is 3. The molecule has 4 aromatic rings. The van der Waals surface area contributed by atoms with Crippen LogP contribution in [-0.4, -0.2) is 71.2 Å². The van der Waals surface area contributed by atoms with Crippen molar-refractivity contribution in [2.24, 2.45) is 0 Å². The first-order chi connectivity index (χ1) is 22.0. The van der Waals surface area contributed by atoms with E-state index in [0.29, 0.717) is 67.6 Å². The summed E-state index contributed by atoms with van der Waals surface area (Å²) in [5, 5.41) is 27.9. The van der Waals surface area contributed by atoms with Crippen LogP contribution in [0.25, 0.3) is 5.65 Å². The number of rotatable bonds is 4. The van der Waals surface area contributed by atoms with E-state index < -0.39 is 0 Å². The summed E-state index contributed by atoms with van der Waals surface area (Å²) in [7, 11) is 1.62. The predicted octanol–water partition coefficient (Wildman–Crippen LogP) is 3.74. The number of hydrogen-bond acceptors (Lipinski definition) is 10. The fourth-order valence-corrected chi connectivity index (χ4v) is 6.29. The fourth-order valence-electron chi connectivity index (χ4n) is 6.29. The first-order valence-corrected chi connectivity index (χ1v) is 15.0. The Hall–Kier alpha value is -5.12. The molecule has 0 saturated carbocycles. The molecule has 2 aromatic heterocycles. The van der Waals surface area contributed by atoms with Crippen LogP contribution in [-0.2, 0) is 22.5 Å². The lowest BCUT2D eigenvalue weighted by molar-refractivity contribution is -0.119. The van der Waals surface area contributed by atoms with Gasteiger partial charge in [-0.1, -0.05) is 18.2 Å². The van der Waals surface area contributed by atoms with Gasteiger partial charge in [-0.15, -0.1) is 0 Å². The quantitative estimate of drug-likeness (QED) is 0.330. The molecule has 1 fully saturated rings. The molecule has 12 heteroatoms. The van der Waals surface area contributed by atoms with Gasteiger partial charge in [0.25, 0.3) is 0 Å². The van der Waals surface area contributed by atoms with E-state index in [9.17, 15) is 15.2 Å². The first kappa shape index (κ1) is 28.6. The Morgan fingerprint density at radius 1 is 1.18 bits per heavy atom. The number of amides is 1. The molecular weight excluding hydrogens is 574 g/mol. The number of nitrogens with one attached hydrogen (secondary N) is 1. The Balaban J connectivity index is 1.33. The molecule has 6 bridgehead atoms. The van der Waals surface area contributed by atoms with Crippen LogP contribution in [0.3, 0.4) is 0 Å². The van der Waals surface area contributed by atoms with Crippen molar-refractivity contribution >= 4 is 34.6 Å². The maximum Gasteiger partial charge on any atom is 0.227 e. The second-order valence-electron chi connectivity index (χ2n) is 11.3. The number of aryl methyl sites for hydroxylation is 1. The number of carbonyl (C=O) groups excluding carboxylic acids is 1. The molecule has 12 nitrogen and oxygen atoms in total. The molecule has 0 aliphatic carbocycles. The summed E-state index contributed by atoms with van der Waals surface area (Å²) in [5.41, 5.74) is 4.15. The number of ether oxygens (including phenoxy) is 3. The van der Waals surface area contributed by atoms with Crippen LogP contribution >= 0.6 is 0 Å². The molecule has 45 heavy (non-hydrogen) atoms. The molecule has 0 unspecified atom stereocenters. The van der Waals surface area contributed by atoms with Crippen molar-refractivity contribution in [2.75, 3.05) is 48.6 Å². The summed E-state index contributed by atoms with van der Waals surface area (Å²) in [5.74, 6) is 2.52. The van der Waals surface area contributed by atoms with Gasteiger partial charge in [0, 0.05) is 30.8 Å². The molecule has 0 radical (unpaired) electrons. The van der Waals surface area contributed by atoms with Gasteiger partial charge in [0.05, 0.1) is 50.9 Å². The van der Waals surface area contributed by atoms with Crippen LogP contribution in [0.4, 0.5) is 23.0 Å². The van der Waals surface area contributed by atoms with Crippen molar-refractivity contribution in [3.05, 3.63) is 77.5 Å². The molecule has 2 aromatic carbocycles. The number of nitriles is 1. The Bertz CT molecular complexity index is 1830. The summed E-state index contributed by atoms with van der Waals surface area (Å²) in [4.78, 5) is 22.0. The normalized spacial score (nSPS) is 20.2. The molecule has 7 rings (SSSR count). The van der Waals surface area contributed by atoms with Crippen LogP contribution in [0, 0.1) is 11.3 Å². The minimum atomic E-state index is -0.183. The Morgan fingerprint density at radius 2 is 2.07 bits per heavy atom. The van der Waals surface area contributed by atoms with Crippen molar-refractivity contribution in [3.63, 3.8) is 0 Å². The van der Waals surface area contributed by atoms with Gasteiger partial charge in [0.1, 0.15) is 41.4 Å². The van der Waals surface area contributed by atoms with E-state index in [1.165, 1.54) is 6.20 Å². The highest BCUT2D eigenvalue weighted by Crippen LogP contribution is 2.42. The zero-order valence-corrected chi connectivity index (χ0v) is 24.8. The second-order valence-corrected chi connectivity index (χ2v) is 11.3. The molecule has 3 aliphatic heterocycles. The number of benzene rings is 2. The lowest BCUT2D eigenvalue weighted by Crippen LogP contribution is -2.35. The largest absolute Gasteiger partial charge is 0.497 e. The average Bonchev–Trinajstić information content (AvgIpc) is 3.67. The number of aliphatic hydroxyl groups excluding tert-OH is 1. The lowest BCUT2D eigenvalue weighted by Gasteiger charge is -2.32. The standard InChI is InChI=1S/C33H33N7O5/c1-43-26-6-4-5-21(11-26)18-39-31(42)8-7-22-12-24-13-28(32(22)39)45-10-3-2-9-44-27-14-25(20-41)38(19-27)29-15-30(36-24)40-33(37-29)23(16-34)17-35-40/h2-6,11-13,15,17,25,27,36,41H,7-10,14,18-20H2,1H3/b3-2+/t25-,27-/m0/s1. The Labute approximate surface area is 260 Å². The molecule has 0 spiro atoms. The zero-order valence-electron chi connectivity index (χ0n) is 24.8. The summed E-state index contributed by atoms with van der Waals surface area (Å²) in [6.07, 6.45) is 6.79. The smallest absolute Gasteiger partial charge is 0.227 e. The van der Waals surface area contributed by atoms with Gasteiger partial charge >= 0.3 is 0 Å². The van der Waals surface area contributed by atoms with E-state index in [1.54, 1.807) is 16.5 Å². The van der Waals surface area contributed by atoms with Crippen LogP contribution in [0.2, 0.25) is 0 Å². The third-order valence-electron chi connectivity index (χ3n) is 8.47. The van der Waals surface area contributed by atoms with Crippen molar-refractivity contribution in [3.8, 4) is 17.6 Å². The number of methoxy groups -OCH3 is 1. The van der Waals surface area contributed by atoms with Crippen molar-refractivity contribution in [2.45, 2.75) is 38.0 Å². The van der Waals surface area contributed by atoms with Crippen molar-refractivity contribution in [1.82, 2.24) is 14.6 Å². The Morgan fingerprint density at radius 3 is 2.91 bits per heavy atom. The average molecular weight is 608 g/mol. The molecule has 5 heterocycles. The SMILES string of the molecule is COc1cccc(CN2C(=O)CCc3cc4cc(c32)OC/C=C/CO[C@H]2C[C@@H](CO)N(C2)c2cc(n3ncc(C#N)c3n2)N4)c1. The van der Waals surface area contributed by atoms with E-state index in [4.69, 9.17) is 19.2 Å². The molecule has 2 atom stereocenters. The van der Waals surface area contributed by atoms with Gasteiger partial charge < -0.3 is 34.4 Å².